The molecular weight excluding hydrogens is 244 g/mol. The van der Waals surface area contributed by atoms with Gasteiger partial charge in [0, 0.05) is 24.3 Å². The van der Waals surface area contributed by atoms with Gasteiger partial charge in [0.25, 0.3) is 0 Å². The average molecular weight is 264 g/mol. The van der Waals surface area contributed by atoms with Gasteiger partial charge in [0.15, 0.2) is 0 Å². The first kappa shape index (κ1) is 13.8. The molecule has 19 heavy (non-hydrogen) atoms. The molecule has 5 heteroatoms. The lowest BCUT2D eigenvalue weighted by Crippen LogP contribution is -2.47. The van der Waals surface area contributed by atoms with E-state index < -0.39 is 0 Å². The average Bonchev–Trinajstić information content (AvgIpc) is 2.48. The summed E-state index contributed by atoms with van der Waals surface area (Å²) in [4.78, 5) is 14.1. The maximum absolute atomic E-state index is 12.2. The summed E-state index contributed by atoms with van der Waals surface area (Å²) >= 11 is 0. The van der Waals surface area contributed by atoms with Crippen LogP contribution in [0.15, 0.2) is 24.3 Å². The van der Waals surface area contributed by atoms with Crippen LogP contribution < -0.4 is 5.32 Å². The molecule has 0 radical (unpaired) electrons. The van der Waals surface area contributed by atoms with Crippen molar-refractivity contribution in [3.63, 3.8) is 0 Å². The molecule has 1 aromatic rings. The van der Waals surface area contributed by atoms with Gasteiger partial charge in [0.1, 0.15) is 6.04 Å². The molecule has 1 amide bonds. The van der Waals surface area contributed by atoms with E-state index in [-0.39, 0.29) is 18.6 Å². The smallest absolute Gasteiger partial charge is 0.244 e. The molecule has 1 aliphatic rings. The number of nitrogens with zero attached hydrogens (tertiary/aromatic N) is 1. The number of aliphatic hydroxyl groups is 1. The van der Waals surface area contributed by atoms with Crippen molar-refractivity contribution < 1.29 is 14.6 Å². The molecule has 104 valence electrons. The van der Waals surface area contributed by atoms with E-state index in [2.05, 4.69) is 5.32 Å². The molecular formula is C14H20N2O3. The first-order valence-corrected chi connectivity index (χ1v) is 6.54. The van der Waals surface area contributed by atoms with E-state index >= 15 is 0 Å². The number of carbonyl (C=O) groups excluding carboxylic acids is 1. The van der Waals surface area contributed by atoms with Crippen molar-refractivity contribution in [1.29, 1.82) is 0 Å². The Bertz CT molecular complexity index is 430. The summed E-state index contributed by atoms with van der Waals surface area (Å²) < 4.78 is 5.24. The Kier molecular flexibility index (Phi) is 4.76. The van der Waals surface area contributed by atoms with Crippen molar-refractivity contribution in [2.24, 2.45) is 0 Å². The largest absolute Gasteiger partial charge is 0.392 e. The van der Waals surface area contributed by atoms with Crippen LogP contribution in [0.3, 0.4) is 0 Å². The molecule has 2 N–H and O–H groups in total. The molecule has 1 heterocycles. The van der Waals surface area contributed by atoms with Crippen LogP contribution in [0, 0.1) is 0 Å². The molecule has 5 nitrogen and oxygen atoms in total. The fourth-order valence-electron chi connectivity index (χ4n) is 2.15. The van der Waals surface area contributed by atoms with Gasteiger partial charge in [-0.3, -0.25) is 4.79 Å². The van der Waals surface area contributed by atoms with Gasteiger partial charge < -0.3 is 20.1 Å². The number of para-hydroxylation sites is 1. The minimum atomic E-state index is -0.314. The Morgan fingerprint density at radius 2 is 2.11 bits per heavy atom. The number of aliphatic hydroxyl groups excluding tert-OH is 1. The number of morpholine rings is 1. The first-order chi connectivity index (χ1) is 9.22. The molecule has 0 bridgehead atoms. The van der Waals surface area contributed by atoms with Crippen LogP contribution in [0.2, 0.25) is 0 Å². The van der Waals surface area contributed by atoms with Gasteiger partial charge >= 0.3 is 0 Å². The third kappa shape index (κ3) is 3.45. The van der Waals surface area contributed by atoms with Gasteiger partial charge in [-0.15, -0.1) is 0 Å². The lowest BCUT2D eigenvalue weighted by molar-refractivity contribution is -0.135. The van der Waals surface area contributed by atoms with Crippen LogP contribution in [-0.4, -0.2) is 48.3 Å². The van der Waals surface area contributed by atoms with E-state index in [9.17, 15) is 9.90 Å². The molecule has 0 aromatic heterocycles. The Balaban J connectivity index is 1.99. The van der Waals surface area contributed by atoms with Crippen molar-refractivity contribution in [3.8, 4) is 0 Å². The number of hydrogen-bond donors (Lipinski definition) is 2. The van der Waals surface area contributed by atoms with Crippen LogP contribution in [0.25, 0.3) is 0 Å². The zero-order valence-corrected chi connectivity index (χ0v) is 11.1. The van der Waals surface area contributed by atoms with E-state index in [0.717, 1.165) is 11.3 Å². The number of ether oxygens (including phenoxy) is 1. The Hall–Kier alpha value is -1.59. The van der Waals surface area contributed by atoms with Crippen LogP contribution in [-0.2, 0) is 16.1 Å². The topological polar surface area (TPSA) is 61.8 Å². The van der Waals surface area contributed by atoms with E-state index in [1.807, 2.05) is 36.1 Å². The van der Waals surface area contributed by atoms with Crippen molar-refractivity contribution in [3.05, 3.63) is 29.8 Å². The summed E-state index contributed by atoms with van der Waals surface area (Å²) in [5, 5.41) is 12.4. The van der Waals surface area contributed by atoms with Gasteiger partial charge in [-0.25, -0.2) is 0 Å². The lowest BCUT2D eigenvalue weighted by atomic mass is 10.1. The summed E-state index contributed by atoms with van der Waals surface area (Å²) in [6.07, 6.45) is 0. The second-order valence-electron chi connectivity index (χ2n) is 4.62. The second kappa shape index (κ2) is 6.54. The molecule has 2 rings (SSSR count). The van der Waals surface area contributed by atoms with Crippen LogP contribution in [0.1, 0.15) is 12.5 Å². The lowest BCUT2D eigenvalue weighted by Gasteiger charge is -2.30. The van der Waals surface area contributed by atoms with Gasteiger partial charge in [0.05, 0.1) is 19.8 Å². The van der Waals surface area contributed by atoms with Crippen LogP contribution >= 0.6 is 0 Å². The molecule has 0 aliphatic carbocycles. The zero-order chi connectivity index (χ0) is 13.7. The van der Waals surface area contributed by atoms with Gasteiger partial charge in [-0.1, -0.05) is 18.2 Å². The minimum Gasteiger partial charge on any atom is -0.392 e. The molecule has 1 fully saturated rings. The Morgan fingerprint density at radius 3 is 2.79 bits per heavy atom. The maximum Gasteiger partial charge on any atom is 0.244 e. The maximum atomic E-state index is 12.2. The quantitative estimate of drug-likeness (QED) is 0.846. The predicted octanol–water partition coefficient (Wildman–Crippen LogP) is 0.838. The third-order valence-corrected chi connectivity index (χ3v) is 3.25. The second-order valence-corrected chi connectivity index (χ2v) is 4.62. The summed E-state index contributed by atoms with van der Waals surface area (Å²) in [5.74, 6) is 0.0658. The van der Waals surface area contributed by atoms with Gasteiger partial charge in [-0.2, -0.15) is 0 Å². The third-order valence-electron chi connectivity index (χ3n) is 3.25. The Labute approximate surface area is 113 Å². The number of amides is 1. The van der Waals surface area contributed by atoms with E-state index in [1.165, 1.54) is 0 Å². The fourth-order valence-corrected chi connectivity index (χ4v) is 2.15. The first-order valence-electron chi connectivity index (χ1n) is 6.54. The van der Waals surface area contributed by atoms with E-state index in [1.54, 1.807) is 0 Å². The molecule has 1 aliphatic heterocycles. The fraction of sp³-hybridized carbons (Fsp3) is 0.500. The van der Waals surface area contributed by atoms with Crippen molar-refractivity contribution in [1.82, 2.24) is 4.90 Å². The van der Waals surface area contributed by atoms with Crippen molar-refractivity contribution >= 4 is 11.6 Å². The predicted molar refractivity (Wildman–Crippen MR) is 72.8 cm³/mol. The highest BCUT2D eigenvalue weighted by Gasteiger charge is 2.22. The van der Waals surface area contributed by atoms with Crippen LogP contribution in [0.4, 0.5) is 5.69 Å². The van der Waals surface area contributed by atoms with Crippen molar-refractivity contribution in [2.45, 2.75) is 19.6 Å². The highest BCUT2D eigenvalue weighted by atomic mass is 16.5. The molecule has 1 atom stereocenters. The summed E-state index contributed by atoms with van der Waals surface area (Å²) in [7, 11) is 0. The number of carbonyl (C=O) groups is 1. The minimum absolute atomic E-state index is 0.0400. The number of anilines is 1. The normalized spacial score (nSPS) is 17.1. The van der Waals surface area contributed by atoms with Crippen molar-refractivity contribution in [2.75, 3.05) is 31.6 Å². The highest BCUT2D eigenvalue weighted by Crippen LogP contribution is 2.16. The number of rotatable bonds is 4. The zero-order valence-electron chi connectivity index (χ0n) is 11.1. The van der Waals surface area contributed by atoms with Gasteiger partial charge in [0.2, 0.25) is 5.91 Å². The summed E-state index contributed by atoms with van der Waals surface area (Å²) in [5.41, 5.74) is 1.60. The molecule has 0 saturated carbocycles. The molecule has 0 spiro atoms. The monoisotopic (exact) mass is 264 g/mol. The van der Waals surface area contributed by atoms with Gasteiger partial charge in [-0.05, 0) is 13.0 Å². The summed E-state index contributed by atoms with van der Waals surface area (Å²) in [6, 6.07) is 7.15. The van der Waals surface area contributed by atoms with E-state index in [4.69, 9.17) is 4.74 Å². The number of hydrogen-bond acceptors (Lipinski definition) is 4. The number of benzene rings is 1. The van der Waals surface area contributed by atoms with E-state index in [0.29, 0.717) is 26.3 Å². The summed E-state index contributed by atoms with van der Waals surface area (Å²) in [6.45, 7) is 4.30. The molecule has 1 aromatic carbocycles. The molecule has 0 unspecified atom stereocenters. The Morgan fingerprint density at radius 1 is 1.42 bits per heavy atom. The standard InChI is InChI=1S/C14H20N2O3/c1-11(14(18)16-6-8-19-9-7-16)15-13-5-3-2-4-12(13)10-17/h2-5,11,15,17H,6-10H2,1H3/t11-/m1/s1. The number of nitrogens with one attached hydrogen (secondary N) is 1. The highest BCUT2D eigenvalue weighted by molar-refractivity contribution is 5.84. The SMILES string of the molecule is C[C@@H](Nc1ccccc1CO)C(=O)N1CCOCC1. The van der Waals surface area contributed by atoms with Crippen LogP contribution in [0.5, 0.6) is 0 Å². The molecule has 1 saturated heterocycles.